The molecule has 0 aromatic heterocycles. The second-order valence-corrected chi connectivity index (χ2v) is 10.4. The molecule has 0 fully saturated rings. The van der Waals surface area contributed by atoms with Gasteiger partial charge >= 0.3 is 0 Å². The molecule has 0 aliphatic heterocycles. The molecule has 8 nitrogen and oxygen atoms in total. The normalized spacial score (nSPS) is 12.0. The zero-order valence-corrected chi connectivity index (χ0v) is 22.2. The summed E-state index contributed by atoms with van der Waals surface area (Å²) in [6, 6.07) is 11.7. The van der Waals surface area contributed by atoms with Gasteiger partial charge in [0.25, 0.3) is 0 Å². The molecule has 1 atom stereocenters. The summed E-state index contributed by atoms with van der Waals surface area (Å²) in [6.07, 6.45) is 2.58. The maximum absolute atomic E-state index is 13.4. The first-order valence-electron chi connectivity index (χ1n) is 12.0. The number of hydrogen-bond acceptors (Lipinski definition) is 5. The fourth-order valence-corrected chi connectivity index (χ4v) is 4.79. The van der Waals surface area contributed by atoms with Crippen LogP contribution >= 0.6 is 0 Å². The molecular weight excluding hydrogens is 485 g/mol. The molecule has 1 unspecified atom stereocenters. The predicted molar refractivity (Wildman–Crippen MR) is 139 cm³/mol. The van der Waals surface area contributed by atoms with E-state index in [0.717, 1.165) is 12.7 Å². The molecule has 2 amide bonds. The molecule has 2 rings (SSSR count). The second-order valence-electron chi connectivity index (χ2n) is 8.50. The van der Waals surface area contributed by atoms with E-state index in [1.807, 2.05) is 13.8 Å². The Morgan fingerprint density at radius 3 is 2.22 bits per heavy atom. The van der Waals surface area contributed by atoms with E-state index in [-0.39, 0.29) is 43.6 Å². The lowest BCUT2D eigenvalue weighted by molar-refractivity contribution is -0.141. The van der Waals surface area contributed by atoms with Crippen molar-refractivity contribution >= 4 is 27.5 Å². The third-order valence-electron chi connectivity index (χ3n) is 5.71. The molecule has 0 heterocycles. The van der Waals surface area contributed by atoms with Crippen LogP contribution in [-0.2, 0) is 26.2 Å². The molecule has 2 aromatic carbocycles. The number of rotatable bonds is 14. The Hall–Kier alpha value is -3.14. The van der Waals surface area contributed by atoms with E-state index in [9.17, 15) is 22.4 Å². The molecule has 36 heavy (non-hydrogen) atoms. The van der Waals surface area contributed by atoms with Gasteiger partial charge in [-0.25, -0.2) is 12.8 Å². The van der Waals surface area contributed by atoms with Crippen molar-refractivity contribution in [1.82, 2.24) is 10.2 Å². The van der Waals surface area contributed by atoms with Gasteiger partial charge in [0.15, 0.2) is 0 Å². The average molecular weight is 522 g/mol. The van der Waals surface area contributed by atoms with E-state index < -0.39 is 16.1 Å². The third-order valence-corrected chi connectivity index (χ3v) is 6.91. The SMILES string of the molecule is CCCNC(=O)C(CC)N(Cc1ccc(F)cc1)C(=O)CCCN(c1ccc(OC)cc1)S(C)(=O)=O. The van der Waals surface area contributed by atoms with Crippen molar-refractivity contribution in [3.8, 4) is 5.75 Å². The van der Waals surface area contributed by atoms with Crippen LogP contribution < -0.4 is 14.4 Å². The van der Waals surface area contributed by atoms with Gasteiger partial charge in [-0.15, -0.1) is 0 Å². The van der Waals surface area contributed by atoms with Crippen molar-refractivity contribution in [2.75, 3.05) is 30.8 Å². The lowest BCUT2D eigenvalue weighted by Crippen LogP contribution is -2.49. The minimum absolute atomic E-state index is 0.0426. The smallest absolute Gasteiger partial charge is 0.242 e. The fraction of sp³-hybridized carbons (Fsp3) is 0.462. The second kappa shape index (κ2) is 13.8. The number of ether oxygens (including phenoxy) is 1. The predicted octanol–water partition coefficient (Wildman–Crippen LogP) is 3.71. The highest BCUT2D eigenvalue weighted by atomic mass is 32.2. The van der Waals surface area contributed by atoms with Crippen LogP contribution in [0.3, 0.4) is 0 Å². The highest BCUT2D eigenvalue weighted by molar-refractivity contribution is 7.92. The number of sulfonamides is 1. The van der Waals surface area contributed by atoms with E-state index in [1.54, 1.807) is 36.4 Å². The highest BCUT2D eigenvalue weighted by Crippen LogP contribution is 2.22. The van der Waals surface area contributed by atoms with Crippen molar-refractivity contribution in [2.45, 2.75) is 52.1 Å². The van der Waals surface area contributed by atoms with Crippen LogP contribution in [0.25, 0.3) is 0 Å². The van der Waals surface area contributed by atoms with Gasteiger partial charge in [0.2, 0.25) is 21.8 Å². The number of carbonyl (C=O) groups excluding carboxylic acids is 2. The van der Waals surface area contributed by atoms with Gasteiger partial charge in [0, 0.05) is 26.1 Å². The van der Waals surface area contributed by atoms with Crippen molar-refractivity contribution in [2.24, 2.45) is 0 Å². The molecule has 2 aromatic rings. The number of benzene rings is 2. The number of anilines is 1. The summed E-state index contributed by atoms with van der Waals surface area (Å²) >= 11 is 0. The Kier molecular flexibility index (Phi) is 11.2. The monoisotopic (exact) mass is 521 g/mol. The average Bonchev–Trinajstić information content (AvgIpc) is 2.85. The number of methoxy groups -OCH3 is 1. The largest absolute Gasteiger partial charge is 0.497 e. The highest BCUT2D eigenvalue weighted by Gasteiger charge is 2.28. The molecule has 0 aliphatic carbocycles. The number of carbonyl (C=O) groups is 2. The van der Waals surface area contributed by atoms with Gasteiger partial charge in [-0.1, -0.05) is 26.0 Å². The van der Waals surface area contributed by atoms with E-state index >= 15 is 0 Å². The number of nitrogens with zero attached hydrogens (tertiary/aromatic N) is 2. The molecule has 0 saturated heterocycles. The van der Waals surface area contributed by atoms with Crippen molar-refractivity contribution in [1.29, 1.82) is 0 Å². The standard InChI is InChI=1S/C26H36FN3O5S/c1-5-17-28-26(32)24(6-2)29(19-20-9-11-21(27)12-10-20)25(31)8-7-18-30(36(4,33)34)22-13-15-23(35-3)16-14-22/h9-16,24H,5-8,17-19H2,1-4H3,(H,28,32). The fourth-order valence-electron chi connectivity index (χ4n) is 3.82. The quantitative estimate of drug-likeness (QED) is 0.409. The summed E-state index contributed by atoms with van der Waals surface area (Å²) in [6.45, 7) is 4.51. The van der Waals surface area contributed by atoms with Gasteiger partial charge in [0.1, 0.15) is 17.6 Å². The minimum Gasteiger partial charge on any atom is -0.497 e. The summed E-state index contributed by atoms with van der Waals surface area (Å²) in [5.41, 5.74) is 1.17. The zero-order valence-electron chi connectivity index (χ0n) is 21.4. The molecular formula is C26H36FN3O5S. The van der Waals surface area contributed by atoms with Crippen LogP contribution in [0.15, 0.2) is 48.5 Å². The van der Waals surface area contributed by atoms with Crippen molar-refractivity contribution < 1.29 is 27.1 Å². The van der Waals surface area contributed by atoms with E-state index in [4.69, 9.17) is 4.74 Å². The molecule has 1 N–H and O–H groups in total. The number of nitrogens with one attached hydrogen (secondary N) is 1. The van der Waals surface area contributed by atoms with Crippen LogP contribution in [-0.4, -0.2) is 57.6 Å². The molecule has 0 aliphatic rings. The minimum atomic E-state index is -3.59. The maximum atomic E-state index is 13.4. The van der Waals surface area contributed by atoms with Gasteiger partial charge in [-0.05, 0) is 61.2 Å². The first-order valence-corrected chi connectivity index (χ1v) is 13.9. The molecule has 0 radical (unpaired) electrons. The molecule has 10 heteroatoms. The maximum Gasteiger partial charge on any atom is 0.242 e. The molecule has 198 valence electrons. The Morgan fingerprint density at radius 2 is 1.69 bits per heavy atom. The number of halogens is 1. The van der Waals surface area contributed by atoms with Crippen molar-refractivity contribution in [3.63, 3.8) is 0 Å². The van der Waals surface area contributed by atoms with Gasteiger partial charge < -0.3 is 15.0 Å². The van der Waals surface area contributed by atoms with Crippen molar-refractivity contribution in [3.05, 3.63) is 59.9 Å². The van der Waals surface area contributed by atoms with E-state index in [1.165, 1.54) is 28.4 Å². The number of hydrogen-bond donors (Lipinski definition) is 1. The van der Waals surface area contributed by atoms with Crippen LogP contribution in [0, 0.1) is 5.82 Å². The summed E-state index contributed by atoms with van der Waals surface area (Å²) in [4.78, 5) is 27.6. The first-order chi connectivity index (χ1) is 17.1. The first kappa shape index (κ1) is 29.1. The molecule has 0 saturated carbocycles. The van der Waals surface area contributed by atoms with Gasteiger partial charge in [-0.2, -0.15) is 0 Å². The van der Waals surface area contributed by atoms with Crippen LogP contribution in [0.5, 0.6) is 5.75 Å². The summed E-state index contributed by atoms with van der Waals surface area (Å²) in [7, 11) is -2.06. The number of amides is 2. The molecule has 0 bridgehead atoms. The lowest BCUT2D eigenvalue weighted by Gasteiger charge is -2.31. The van der Waals surface area contributed by atoms with E-state index in [2.05, 4.69) is 5.32 Å². The Balaban J connectivity index is 2.18. The summed E-state index contributed by atoms with van der Waals surface area (Å²) in [5.74, 6) is -0.304. The van der Waals surface area contributed by atoms with Crippen LogP contribution in [0.1, 0.15) is 45.1 Å². The topological polar surface area (TPSA) is 96.0 Å². The Labute approximate surface area is 213 Å². The molecule has 0 spiro atoms. The van der Waals surface area contributed by atoms with Gasteiger partial charge in [-0.3, -0.25) is 13.9 Å². The summed E-state index contributed by atoms with van der Waals surface area (Å²) in [5, 5.41) is 2.85. The van der Waals surface area contributed by atoms with Crippen LogP contribution in [0.2, 0.25) is 0 Å². The zero-order chi connectivity index (χ0) is 26.7. The van der Waals surface area contributed by atoms with Gasteiger partial charge in [0.05, 0.1) is 19.1 Å². The lowest BCUT2D eigenvalue weighted by atomic mass is 10.1. The Bertz CT molecular complexity index is 1090. The Morgan fingerprint density at radius 1 is 1.06 bits per heavy atom. The van der Waals surface area contributed by atoms with E-state index in [0.29, 0.717) is 30.0 Å². The third kappa shape index (κ3) is 8.51. The van der Waals surface area contributed by atoms with Crippen LogP contribution in [0.4, 0.5) is 10.1 Å². The summed E-state index contributed by atoms with van der Waals surface area (Å²) < 4.78 is 44.6.